The van der Waals surface area contributed by atoms with Gasteiger partial charge in [-0.05, 0) is 47.9 Å². The molecule has 0 bridgehead atoms. The Balaban J connectivity index is 1.28. The van der Waals surface area contributed by atoms with Crippen LogP contribution in [0.2, 0.25) is 0 Å². The fraction of sp³-hybridized carbons (Fsp3) is 0.120. The number of carbonyl (C=O) groups excluding carboxylic acids is 2. The summed E-state index contributed by atoms with van der Waals surface area (Å²) in [7, 11) is 0. The second kappa shape index (κ2) is 9.09. The molecular formula is C25H23N3O2. The van der Waals surface area contributed by atoms with Crippen molar-refractivity contribution >= 4 is 22.7 Å². The van der Waals surface area contributed by atoms with Crippen LogP contribution < -0.4 is 10.6 Å². The van der Waals surface area contributed by atoms with E-state index in [-0.39, 0.29) is 11.8 Å². The lowest BCUT2D eigenvalue weighted by molar-refractivity contribution is 0.0940. The fourth-order valence-electron chi connectivity index (χ4n) is 3.40. The number of nitrogens with one attached hydrogen (secondary N) is 3. The van der Waals surface area contributed by atoms with Crippen LogP contribution in [0.15, 0.2) is 85.1 Å². The van der Waals surface area contributed by atoms with Gasteiger partial charge >= 0.3 is 0 Å². The first kappa shape index (κ1) is 19.5. The average molecular weight is 397 g/mol. The van der Waals surface area contributed by atoms with Crippen LogP contribution in [0.25, 0.3) is 10.9 Å². The third-order valence-corrected chi connectivity index (χ3v) is 5.06. The molecule has 3 N–H and O–H groups in total. The summed E-state index contributed by atoms with van der Waals surface area (Å²) in [6.45, 7) is 1.01. The first-order chi connectivity index (χ1) is 14.7. The molecule has 0 radical (unpaired) electrons. The second-order valence-electron chi connectivity index (χ2n) is 7.11. The predicted molar refractivity (Wildman–Crippen MR) is 118 cm³/mol. The smallest absolute Gasteiger partial charge is 0.251 e. The zero-order chi connectivity index (χ0) is 20.8. The summed E-state index contributed by atoms with van der Waals surface area (Å²) in [5.41, 5.74) is 4.38. The first-order valence-electron chi connectivity index (χ1n) is 9.96. The number of rotatable bonds is 7. The molecule has 1 heterocycles. The minimum Gasteiger partial charge on any atom is -0.361 e. The Morgan fingerprint density at radius 3 is 2.10 bits per heavy atom. The molecule has 1 aromatic heterocycles. The molecule has 4 rings (SSSR count). The highest BCUT2D eigenvalue weighted by Crippen LogP contribution is 2.17. The monoisotopic (exact) mass is 397 g/mol. The minimum atomic E-state index is -0.162. The van der Waals surface area contributed by atoms with Gasteiger partial charge in [0.25, 0.3) is 11.8 Å². The molecule has 3 aromatic carbocycles. The zero-order valence-electron chi connectivity index (χ0n) is 16.5. The van der Waals surface area contributed by atoms with Crippen LogP contribution in [0, 0.1) is 0 Å². The lowest BCUT2D eigenvalue weighted by atomic mass is 10.1. The molecule has 5 nitrogen and oxygen atoms in total. The third-order valence-electron chi connectivity index (χ3n) is 5.06. The van der Waals surface area contributed by atoms with E-state index in [9.17, 15) is 9.59 Å². The molecule has 0 unspecified atom stereocenters. The number of aromatic amines is 1. The molecule has 150 valence electrons. The number of carbonyl (C=O) groups is 2. The van der Waals surface area contributed by atoms with Crippen LogP contribution in [0.5, 0.6) is 0 Å². The van der Waals surface area contributed by atoms with Gasteiger partial charge < -0.3 is 15.6 Å². The Morgan fingerprint density at radius 1 is 0.733 bits per heavy atom. The van der Waals surface area contributed by atoms with Crippen LogP contribution in [-0.2, 0) is 13.0 Å². The maximum absolute atomic E-state index is 12.4. The van der Waals surface area contributed by atoms with Crippen molar-refractivity contribution in [3.8, 4) is 0 Å². The summed E-state index contributed by atoms with van der Waals surface area (Å²) in [5, 5.41) is 7.01. The van der Waals surface area contributed by atoms with Crippen molar-refractivity contribution in [1.29, 1.82) is 0 Å². The zero-order valence-corrected chi connectivity index (χ0v) is 16.5. The fourth-order valence-corrected chi connectivity index (χ4v) is 3.40. The summed E-state index contributed by atoms with van der Waals surface area (Å²) < 4.78 is 0. The summed E-state index contributed by atoms with van der Waals surface area (Å²) in [6, 6.07) is 24.6. The first-order valence-corrected chi connectivity index (χ1v) is 9.96. The lowest BCUT2D eigenvalue weighted by Gasteiger charge is -2.07. The van der Waals surface area contributed by atoms with Gasteiger partial charge in [0.05, 0.1) is 0 Å². The van der Waals surface area contributed by atoms with Gasteiger partial charge in [0, 0.05) is 41.3 Å². The van der Waals surface area contributed by atoms with Gasteiger partial charge in [-0.1, -0.05) is 48.5 Å². The van der Waals surface area contributed by atoms with Gasteiger partial charge in [-0.15, -0.1) is 0 Å². The molecule has 0 aliphatic carbocycles. The van der Waals surface area contributed by atoms with Crippen LogP contribution >= 0.6 is 0 Å². The maximum atomic E-state index is 12.4. The quantitative estimate of drug-likeness (QED) is 0.440. The van der Waals surface area contributed by atoms with Gasteiger partial charge in [0.1, 0.15) is 0 Å². The second-order valence-corrected chi connectivity index (χ2v) is 7.11. The van der Waals surface area contributed by atoms with E-state index < -0.39 is 0 Å². The van der Waals surface area contributed by atoms with E-state index in [4.69, 9.17) is 0 Å². The summed E-state index contributed by atoms with van der Waals surface area (Å²) in [4.78, 5) is 27.9. The highest BCUT2D eigenvalue weighted by atomic mass is 16.2. The van der Waals surface area contributed by atoms with Crippen molar-refractivity contribution in [3.63, 3.8) is 0 Å². The number of amides is 2. The molecule has 5 heteroatoms. The van der Waals surface area contributed by atoms with E-state index in [2.05, 4.69) is 21.7 Å². The minimum absolute atomic E-state index is 0.147. The van der Waals surface area contributed by atoms with Crippen molar-refractivity contribution in [2.24, 2.45) is 0 Å². The highest BCUT2D eigenvalue weighted by Gasteiger charge is 2.09. The molecule has 0 spiro atoms. The predicted octanol–water partition coefficient (Wildman–Crippen LogP) is 4.07. The molecule has 0 saturated heterocycles. The molecule has 0 aliphatic rings. The third kappa shape index (κ3) is 4.58. The van der Waals surface area contributed by atoms with E-state index in [1.165, 1.54) is 10.9 Å². The van der Waals surface area contributed by atoms with E-state index in [0.29, 0.717) is 24.2 Å². The standard InChI is InChI=1S/C25H23N3O2/c29-24(26-15-14-21-17-27-23-9-5-4-8-22(21)23)19-10-12-20(13-11-19)25(30)28-16-18-6-2-1-3-7-18/h1-13,17,27H,14-16H2,(H,26,29)(H,28,30). The van der Waals surface area contributed by atoms with Crippen LogP contribution in [0.3, 0.4) is 0 Å². The van der Waals surface area contributed by atoms with Gasteiger partial charge in [0.2, 0.25) is 0 Å². The molecule has 0 aliphatic heterocycles. The highest BCUT2D eigenvalue weighted by molar-refractivity contribution is 5.97. The van der Waals surface area contributed by atoms with Crippen molar-refractivity contribution in [2.45, 2.75) is 13.0 Å². The van der Waals surface area contributed by atoms with Crippen LogP contribution in [0.4, 0.5) is 0 Å². The SMILES string of the molecule is O=C(NCCc1c[nH]c2ccccc12)c1ccc(C(=O)NCc2ccccc2)cc1. The van der Waals surface area contributed by atoms with E-state index in [1.807, 2.05) is 54.7 Å². The molecule has 2 amide bonds. The average Bonchev–Trinajstić information content (AvgIpc) is 3.21. The lowest BCUT2D eigenvalue weighted by Crippen LogP contribution is -2.26. The molecule has 30 heavy (non-hydrogen) atoms. The van der Waals surface area contributed by atoms with Gasteiger partial charge in [-0.25, -0.2) is 0 Å². The Kier molecular flexibility index (Phi) is 5.90. The van der Waals surface area contributed by atoms with Crippen molar-refractivity contribution in [1.82, 2.24) is 15.6 Å². The largest absolute Gasteiger partial charge is 0.361 e. The Labute approximate surface area is 175 Å². The maximum Gasteiger partial charge on any atom is 0.251 e. The van der Waals surface area contributed by atoms with Crippen LogP contribution in [0.1, 0.15) is 31.8 Å². The van der Waals surface area contributed by atoms with Gasteiger partial charge in [-0.3, -0.25) is 9.59 Å². The Morgan fingerprint density at radius 2 is 1.37 bits per heavy atom. The number of fused-ring (bicyclic) bond motifs is 1. The number of benzene rings is 3. The van der Waals surface area contributed by atoms with E-state index in [0.717, 1.165) is 17.5 Å². The number of aromatic nitrogens is 1. The van der Waals surface area contributed by atoms with Gasteiger partial charge in [-0.2, -0.15) is 0 Å². The molecule has 4 aromatic rings. The number of hydrogen-bond acceptors (Lipinski definition) is 2. The van der Waals surface area contributed by atoms with Crippen molar-refractivity contribution in [2.75, 3.05) is 6.54 Å². The summed E-state index contributed by atoms with van der Waals surface area (Å²) >= 11 is 0. The number of hydrogen-bond donors (Lipinski definition) is 3. The molecule has 0 saturated carbocycles. The Hall–Kier alpha value is -3.86. The van der Waals surface area contributed by atoms with Crippen molar-refractivity contribution < 1.29 is 9.59 Å². The topological polar surface area (TPSA) is 74.0 Å². The number of H-pyrrole nitrogens is 1. The molecule has 0 atom stereocenters. The van der Waals surface area contributed by atoms with Crippen molar-refractivity contribution in [3.05, 3.63) is 107 Å². The summed E-state index contributed by atoms with van der Waals surface area (Å²) in [6.07, 6.45) is 2.73. The van der Waals surface area contributed by atoms with E-state index in [1.54, 1.807) is 24.3 Å². The Bertz CT molecular complexity index is 1150. The molecule has 0 fully saturated rings. The number of para-hydroxylation sites is 1. The van der Waals surface area contributed by atoms with Crippen LogP contribution in [-0.4, -0.2) is 23.3 Å². The van der Waals surface area contributed by atoms with Gasteiger partial charge in [0.15, 0.2) is 0 Å². The normalized spacial score (nSPS) is 10.7. The summed E-state index contributed by atoms with van der Waals surface area (Å²) in [5.74, 6) is -0.309. The molecular weight excluding hydrogens is 374 g/mol. The van der Waals surface area contributed by atoms with E-state index >= 15 is 0 Å².